The zero-order chi connectivity index (χ0) is 13.1. The van der Waals surface area contributed by atoms with Crippen LogP contribution in [0.15, 0.2) is 24.8 Å². The summed E-state index contributed by atoms with van der Waals surface area (Å²) in [5.41, 5.74) is -0.159. The number of rotatable bonds is 3. The standard InChI is InChI=1S/C17H24O/c1-5-8-17(4)15(10(2)3)13-11-6-7-12(9-11)14(13)16(17)18/h5-7,10-15H,1,8-9H2,2-4H3/t11-,12+,13-,14+,15+,17-/m1/s1. The molecule has 98 valence electrons. The highest BCUT2D eigenvalue weighted by Gasteiger charge is 2.64. The van der Waals surface area contributed by atoms with Crippen LogP contribution >= 0.6 is 0 Å². The first-order valence-electron chi connectivity index (χ1n) is 7.34. The van der Waals surface area contributed by atoms with Crippen LogP contribution in [0.2, 0.25) is 0 Å². The van der Waals surface area contributed by atoms with E-state index in [-0.39, 0.29) is 5.41 Å². The van der Waals surface area contributed by atoms with E-state index in [2.05, 4.69) is 39.5 Å². The zero-order valence-corrected chi connectivity index (χ0v) is 11.7. The fraction of sp³-hybridized carbons (Fsp3) is 0.706. The molecule has 0 aromatic heterocycles. The first-order valence-corrected chi connectivity index (χ1v) is 7.34. The lowest BCUT2D eigenvalue weighted by Gasteiger charge is -2.36. The molecule has 0 heterocycles. The van der Waals surface area contributed by atoms with Gasteiger partial charge in [-0.25, -0.2) is 0 Å². The van der Waals surface area contributed by atoms with E-state index in [0.29, 0.717) is 41.3 Å². The molecule has 1 nitrogen and oxygen atoms in total. The second-order valence-corrected chi connectivity index (χ2v) is 7.10. The third kappa shape index (κ3) is 1.31. The van der Waals surface area contributed by atoms with Gasteiger partial charge in [0.1, 0.15) is 5.78 Å². The number of hydrogen-bond acceptors (Lipinski definition) is 1. The molecule has 0 saturated heterocycles. The SMILES string of the molecule is C=CC[C@@]1(C)C(=O)[C@@H]2[C@@H]([C@@H]3C=C[C@H]2C3)[C@@H]1C(C)C. The summed E-state index contributed by atoms with van der Waals surface area (Å²) < 4.78 is 0. The summed E-state index contributed by atoms with van der Waals surface area (Å²) in [4.78, 5) is 12.9. The molecule has 0 aromatic rings. The van der Waals surface area contributed by atoms with Crippen LogP contribution in [0.3, 0.4) is 0 Å². The van der Waals surface area contributed by atoms with Crippen molar-refractivity contribution in [2.45, 2.75) is 33.6 Å². The van der Waals surface area contributed by atoms with Crippen molar-refractivity contribution in [3.63, 3.8) is 0 Å². The fourth-order valence-electron chi connectivity index (χ4n) is 5.41. The molecule has 0 aliphatic heterocycles. The normalized spacial score (nSPS) is 49.1. The van der Waals surface area contributed by atoms with E-state index >= 15 is 0 Å². The second-order valence-electron chi connectivity index (χ2n) is 7.10. The number of carbonyl (C=O) groups is 1. The molecule has 18 heavy (non-hydrogen) atoms. The lowest BCUT2D eigenvalue weighted by atomic mass is 9.67. The van der Waals surface area contributed by atoms with E-state index in [0.717, 1.165) is 6.42 Å². The van der Waals surface area contributed by atoms with Gasteiger partial charge in [-0.3, -0.25) is 4.79 Å². The van der Waals surface area contributed by atoms with Crippen molar-refractivity contribution >= 4 is 5.78 Å². The average Bonchev–Trinajstić information content (AvgIpc) is 2.92. The molecule has 2 fully saturated rings. The Hall–Kier alpha value is -0.850. The molecule has 0 radical (unpaired) electrons. The van der Waals surface area contributed by atoms with Gasteiger partial charge < -0.3 is 0 Å². The fourth-order valence-corrected chi connectivity index (χ4v) is 5.41. The van der Waals surface area contributed by atoms with Gasteiger partial charge >= 0.3 is 0 Å². The minimum atomic E-state index is -0.159. The predicted octanol–water partition coefficient (Wildman–Crippen LogP) is 3.86. The van der Waals surface area contributed by atoms with E-state index in [9.17, 15) is 4.79 Å². The van der Waals surface area contributed by atoms with Gasteiger partial charge in [-0.05, 0) is 42.4 Å². The molecule has 1 heteroatoms. The van der Waals surface area contributed by atoms with Crippen molar-refractivity contribution in [2.75, 3.05) is 0 Å². The zero-order valence-electron chi connectivity index (χ0n) is 11.7. The first-order chi connectivity index (χ1) is 8.50. The third-order valence-electron chi connectivity index (χ3n) is 5.82. The van der Waals surface area contributed by atoms with E-state index in [4.69, 9.17) is 0 Å². The Morgan fingerprint density at radius 3 is 2.72 bits per heavy atom. The number of hydrogen-bond donors (Lipinski definition) is 0. The van der Waals surface area contributed by atoms with Crippen molar-refractivity contribution < 1.29 is 4.79 Å². The molecule has 6 atom stereocenters. The predicted molar refractivity (Wildman–Crippen MR) is 74.0 cm³/mol. The molecule has 0 unspecified atom stereocenters. The minimum Gasteiger partial charge on any atom is -0.299 e. The van der Waals surface area contributed by atoms with Crippen molar-refractivity contribution in [1.82, 2.24) is 0 Å². The summed E-state index contributed by atoms with van der Waals surface area (Å²) in [6, 6.07) is 0. The second kappa shape index (κ2) is 3.82. The van der Waals surface area contributed by atoms with Crippen LogP contribution in [0.25, 0.3) is 0 Å². The van der Waals surface area contributed by atoms with Gasteiger partial charge in [0.05, 0.1) is 0 Å². The summed E-state index contributed by atoms with van der Waals surface area (Å²) in [6.45, 7) is 10.6. The summed E-state index contributed by atoms with van der Waals surface area (Å²) in [5.74, 6) is 3.79. The maximum absolute atomic E-state index is 12.9. The average molecular weight is 244 g/mol. The third-order valence-corrected chi connectivity index (χ3v) is 5.82. The Labute approximate surface area is 110 Å². The molecule has 3 aliphatic carbocycles. The van der Waals surface area contributed by atoms with Gasteiger partial charge in [0.25, 0.3) is 0 Å². The van der Waals surface area contributed by atoms with Gasteiger partial charge in [-0.1, -0.05) is 39.0 Å². The molecule has 3 aliphatic rings. The Balaban J connectivity index is 2.04. The van der Waals surface area contributed by atoms with E-state index in [1.54, 1.807) is 0 Å². The van der Waals surface area contributed by atoms with E-state index in [1.165, 1.54) is 6.42 Å². The maximum atomic E-state index is 12.9. The van der Waals surface area contributed by atoms with Crippen LogP contribution in [0, 0.1) is 40.9 Å². The number of carbonyl (C=O) groups excluding carboxylic acids is 1. The van der Waals surface area contributed by atoms with Crippen LogP contribution in [-0.2, 0) is 4.79 Å². The molecular formula is C17H24O. The largest absolute Gasteiger partial charge is 0.299 e. The summed E-state index contributed by atoms with van der Waals surface area (Å²) in [7, 11) is 0. The number of ketones is 1. The van der Waals surface area contributed by atoms with Gasteiger partial charge in [-0.2, -0.15) is 0 Å². The smallest absolute Gasteiger partial charge is 0.143 e. The molecule has 3 rings (SSSR count). The van der Waals surface area contributed by atoms with E-state index in [1.807, 2.05) is 6.08 Å². The highest BCUT2D eigenvalue weighted by Crippen LogP contribution is 2.64. The molecule has 0 aromatic carbocycles. The number of Topliss-reactive ketones (excluding diaryl/α,β-unsaturated/α-hetero) is 1. The van der Waals surface area contributed by atoms with Crippen LogP contribution < -0.4 is 0 Å². The molecule has 0 amide bonds. The molecule has 0 N–H and O–H groups in total. The summed E-state index contributed by atoms with van der Waals surface area (Å²) in [5, 5.41) is 0. The van der Waals surface area contributed by atoms with E-state index < -0.39 is 0 Å². The Morgan fingerprint density at radius 1 is 1.44 bits per heavy atom. The first kappa shape index (κ1) is 12.2. The number of allylic oxidation sites excluding steroid dienone is 3. The van der Waals surface area contributed by atoms with Crippen molar-refractivity contribution in [2.24, 2.45) is 40.9 Å². The van der Waals surface area contributed by atoms with Gasteiger partial charge in [0, 0.05) is 11.3 Å². The maximum Gasteiger partial charge on any atom is 0.143 e. The Morgan fingerprint density at radius 2 is 2.11 bits per heavy atom. The minimum absolute atomic E-state index is 0.159. The lowest BCUT2D eigenvalue weighted by Crippen LogP contribution is -2.35. The van der Waals surface area contributed by atoms with Crippen molar-refractivity contribution in [3.05, 3.63) is 24.8 Å². The highest BCUT2D eigenvalue weighted by molar-refractivity contribution is 5.91. The summed E-state index contributed by atoms with van der Waals surface area (Å²) >= 11 is 0. The van der Waals surface area contributed by atoms with Crippen molar-refractivity contribution in [1.29, 1.82) is 0 Å². The highest BCUT2D eigenvalue weighted by atomic mass is 16.1. The summed E-state index contributed by atoms with van der Waals surface area (Å²) in [6.07, 6.45) is 8.72. The van der Waals surface area contributed by atoms with Gasteiger partial charge in [0.15, 0.2) is 0 Å². The molecule has 0 spiro atoms. The lowest BCUT2D eigenvalue weighted by molar-refractivity contribution is -0.130. The van der Waals surface area contributed by atoms with Crippen LogP contribution in [-0.4, -0.2) is 5.78 Å². The molecular weight excluding hydrogens is 220 g/mol. The molecule has 2 bridgehead atoms. The monoisotopic (exact) mass is 244 g/mol. The van der Waals surface area contributed by atoms with Crippen LogP contribution in [0.5, 0.6) is 0 Å². The van der Waals surface area contributed by atoms with Gasteiger partial charge in [-0.15, -0.1) is 6.58 Å². The van der Waals surface area contributed by atoms with Crippen LogP contribution in [0.1, 0.15) is 33.6 Å². The quantitative estimate of drug-likeness (QED) is 0.689. The Bertz CT molecular complexity index is 419. The van der Waals surface area contributed by atoms with Crippen LogP contribution in [0.4, 0.5) is 0 Å². The van der Waals surface area contributed by atoms with Gasteiger partial charge in [0.2, 0.25) is 0 Å². The molecule has 2 saturated carbocycles. The Kier molecular flexibility index (Phi) is 2.59. The number of fused-ring (bicyclic) bond motifs is 5. The topological polar surface area (TPSA) is 17.1 Å². The van der Waals surface area contributed by atoms with Crippen molar-refractivity contribution in [3.8, 4) is 0 Å².